The topological polar surface area (TPSA) is 73.8 Å². The van der Waals surface area contributed by atoms with Crippen LogP contribution in [0.15, 0.2) is 29.3 Å². The van der Waals surface area contributed by atoms with Crippen LogP contribution < -0.4 is 10.0 Å². The lowest BCUT2D eigenvalue weighted by Gasteiger charge is -2.31. The average Bonchev–Trinajstić information content (AvgIpc) is 2.52. The number of nitrogens with zero attached hydrogens (tertiary/aromatic N) is 2. The largest absolute Gasteiger partial charge is 0.357 e. The summed E-state index contributed by atoms with van der Waals surface area (Å²) in [6.45, 7) is 5.71. The zero-order chi connectivity index (χ0) is 16.7. The van der Waals surface area contributed by atoms with Crippen molar-refractivity contribution in [2.45, 2.75) is 26.3 Å². The lowest BCUT2D eigenvalue weighted by Crippen LogP contribution is -2.44. The van der Waals surface area contributed by atoms with E-state index in [1.807, 2.05) is 0 Å². The van der Waals surface area contributed by atoms with Crippen LogP contribution in [0.2, 0.25) is 0 Å². The van der Waals surface area contributed by atoms with Crippen molar-refractivity contribution in [1.82, 2.24) is 14.9 Å². The highest BCUT2D eigenvalue weighted by Gasteiger charge is 2.18. The molecule has 136 valence electrons. The van der Waals surface area contributed by atoms with E-state index in [2.05, 4.69) is 51.1 Å². The summed E-state index contributed by atoms with van der Waals surface area (Å²) < 4.78 is 24.5. The minimum atomic E-state index is -3.11. The van der Waals surface area contributed by atoms with Gasteiger partial charge in [0.25, 0.3) is 0 Å². The molecule has 1 aromatic carbocycles. The number of hydrogen-bond acceptors (Lipinski definition) is 3. The lowest BCUT2D eigenvalue weighted by molar-refractivity contribution is 0.378. The number of guanidine groups is 1. The van der Waals surface area contributed by atoms with Gasteiger partial charge in [-0.3, -0.25) is 4.99 Å². The second-order valence-electron chi connectivity index (χ2n) is 5.70. The molecule has 0 spiro atoms. The zero-order valence-corrected chi connectivity index (χ0v) is 17.4. The molecule has 1 aliphatic heterocycles. The molecule has 0 saturated heterocycles. The Morgan fingerprint density at radius 1 is 1.29 bits per heavy atom. The summed E-state index contributed by atoms with van der Waals surface area (Å²) in [6, 6.07) is 8.51. The average molecular weight is 466 g/mol. The van der Waals surface area contributed by atoms with Crippen LogP contribution in [0.25, 0.3) is 0 Å². The third-order valence-electron chi connectivity index (χ3n) is 3.73. The Balaban J connectivity index is 0.00000288. The zero-order valence-electron chi connectivity index (χ0n) is 14.3. The Hall–Kier alpha value is -0.870. The maximum Gasteiger partial charge on any atom is 0.208 e. The predicted molar refractivity (Wildman–Crippen MR) is 109 cm³/mol. The van der Waals surface area contributed by atoms with E-state index in [-0.39, 0.29) is 24.0 Å². The summed E-state index contributed by atoms with van der Waals surface area (Å²) in [5.41, 5.74) is 2.76. The van der Waals surface area contributed by atoms with Crippen LogP contribution in [-0.4, -0.2) is 51.7 Å². The highest BCUT2D eigenvalue weighted by molar-refractivity contribution is 14.0. The van der Waals surface area contributed by atoms with Gasteiger partial charge < -0.3 is 10.2 Å². The van der Waals surface area contributed by atoms with Crippen LogP contribution in [0.3, 0.4) is 0 Å². The summed E-state index contributed by atoms with van der Waals surface area (Å²) in [6.07, 6.45) is 2.88. The number of benzene rings is 1. The summed E-state index contributed by atoms with van der Waals surface area (Å²) in [4.78, 5) is 6.89. The molecule has 0 unspecified atom stereocenters. The van der Waals surface area contributed by atoms with Crippen molar-refractivity contribution in [1.29, 1.82) is 0 Å². The highest BCUT2D eigenvalue weighted by Crippen LogP contribution is 2.18. The Kier molecular flexibility index (Phi) is 8.99. The van der Waals surface area contributed by atoms with Gasteiger partial charge in [0.2, 0.25) is 10.0 Å². The molecule has 2 N–H and O–H groups in total. The standard InChI is InChI=1S/C16H26N4O2S.HI/c1-3-17-16(18-10-6-11-19-23(2,21)22)20-12-9-14-7-4-5-8-15(14)13-20;/h4-5,7-8,19H,3,6,9-13H2,1-2H3,(H,17,18);1H. The van der Waals surface area contributed by atoms with E-state index >= 15 is 0 Å². The molecular weight excluding hydrogens is 439 g/mol. The third-order valence-corrected chi connectivity index (χ3v) is 4.45. The summed E-state index contributed by atoms with van der Waals surface area (Å²) in [7, 11) is -3.11. The molecule has 0 fully saturated rings. The summed E-state index contributed by atoms with van der Waals surface area (Å²) in [5, 5.41) is 3.33. The van der Waals surface area contributed by atoms with Gasteiger partial charge in [-0.05, 0) is 30.9 Å². The molecule has 0 radical (unpaired) electrons. The van der Waals surface area contributed by atoms with Crippen molar-refractivity contribution in [3.63, 3.8) is 0 Å². The number of halogens is 1. The number of nitrogens with one attached hydrogen (secondary N) is 2. The van der Waals surface area contributed by atoms with Gasteiger partial charge >= 0.3 is 0 Å². The van der Waals surface area contributed by atoms with Crippen molar-refractivity contribution in [2.24, 2.45) is 4.99 Å². The molecule has 24 heavy (non-hydrogen) atoms. The van der Waals surface area contributed by atoms with Gasteiger partial charge in [-0.1, -0.05) is 24.3 Å². The normalized spacial score (nSPS) is 14.8. The molecule has 8 heteroatoms. The van der Waals surface area contributed by atoms with Gasteiger partial charge in [-0.15, -0.1) is 24.0 Å². The number of aliphatic imine (C=N–C) groups is 1. The first-order valence-electron chi connectivity index (χ1n) is 8.04. The van der Waals surface area contributed by atoms with E-state index < -0.39 is 10.0 Å². The lowest BCUT2D eigenvalue weighted by atomic mass is 10.0. The van der Waals surface area contributed by atoms with E-state index in [0.717, 1.165) is 32.0 Å². The molecule has 0 saturated carbocycles. The van der Waals surface area contributed by atoms with Crippen LogP contribution in [0, 0.1) is 0 Å². The second kappa shape index (κ2) is 10.2. The molecule has 0 aliphatic carbocycles. The quantitative estimate of drug-likeness (QED) is 0.289. The fourth-order valence-corrected chi connectivity index (χ4v) is 3.14. The monoisotopic (exact) mass is 466 g/mol. The summed E-state index contributed by atoms with van der Waals surface area (Å²) in [5.74, 6) is 0.904. The van der Waals surface area contributed by atoms with Crippen LogP contribution in [0.4, 0.5) is 0 Å². The van der Waals surface area contributed by atoms with Gasteiger partial charge in [0.15, 0.2) is 5.96 Å². The maximum absolute atomic E-state index is 11.0. The molecule has 0 atom stereocenters. The second-order valence-corrected chi connectivity index (χ2v) is 7.53. The Morgan fingerprint density at radius 2 is 2.00 bits per heavy atom. The number of sulfonamides is 1. The predicted octanol–water partition coefficient (Wildman–Crippen LogP) is 1.57. The van der Waals surface area contributed by atoms with Crippen molar-refractivity contribution in [3.8, 4) is 0 Å². The van der Waals surface area contributed by atoms with E-state index in [4.69, 9.17) is 0 Å². The Bertz CT molecular complexity index is 649. The molecule has 0 amide bonds. The van der Waals surface area contributed by atoms with Gasteiger partial charge in [0, 0.05) is 32.7 Å². The van der Waals surface area contributed by atoms with E-state index in [0.29, 0.717) is 19.5 Å². The van der Waals surface area contributed by atoms with Crippen molar-refractivity contribution in [2.75, 3.05) is 32.4 Å². The number of hydrogen-bond donors (Lipinski definition) is 2. The molecule has 1 aliphatic rings. The van der Waals surface area contributed by atoms with Gasteiger partial charge in [0.05, 0.1) is 6.26 Å². The first kappa shape index (κ1) is 21.2. The molecule has 1 heterocycles. The van der Waals surface area contributed by atoms with Crippen LogP contribution in [-0.2, 0) is 23.0 Å². The minimum absolute atomic E-state index is 0. The number of rotatable bonds is 6. The minimum Gasteiger partial charge on any atom is -0.357 e. The molecule has 6 nitrogen and oxygen atoms in total. The number of fused-ring (bicyclic) bond motifs is 1. The Labute approximate surface area is 162 Å². The summed E-state index contributed by atoms with van der Waals surface area (Å²) >= 11 is 0. The van der Waals surface area contributed by atoms with Crippen molar-refractivity contribution >= 4 is 40.0 Å². The van der Waals surface area contributed by atoms with Crippen LogP contribution in [0.1, 0.15) is 24.5 Å². The van der Waals surface area contributed by atoms with E-state index in [1.165, 1.54) is 17.4 Å². The molecular formula is C16H27IN4O2S. The first-order chi connectivity index (χ1) is 11.0. The fraction of sp³-hybridized carbons (Fsp3) is 0.562. The highest BCUT2D eigenvalue weighted by atomic mass is 127. The van der Waals surface area contributed by atoms with Gasteiger partial charge in [-0.25, -0.2) is 13.1 Å². The van der Waals surface area contributed by atoms with Crippen LogP contribution in [0.5, 0.6) is 0 Å². The smallest absolute Gasteiger partial charge is 0.208 e. The SMILES string of the molecule is CCNC(=NCCCNS(C)(=O)=O)N1CCc2ccccc2C1.I. The maximum atomic E-state index is 11.0. The molecule has 0 aromatic heterocycles. The molecule has 1 aromatic rings. The van der Waals surface area contributed by atoms with Crippen LogP contribution >= 0.6 is 24.0 Å². The first-order valence-corrected chi connectivity index (χ1v) is 9.93. The van der Waals surface area contributed by atoms with Gasteiger partial charge in [0.1, 0.15) is 0 Å². The van der Waals surface area contributed by atoms with E-state index in [1.54, 1.807) is 0 Å². The van der Waals surface area contributed by atoms with E-state index in [9.17, 15) is 8.42 Å². The Morgan fingerprint density at radius 3 is 2.67 bits per heavy atom. The fourth-order valence-electron chi connectivity index (χ4n) is 2.62. The van der Waals surface area contributed by atoms with Crippen molar-refractivity contribution in [3.05, 3.63) is 35.4 Å². The van der Waals surface area contributed by atoms with Crippen molar-refractivity contribution < 1.29 is 8.42 Å². The molecule has 0 bridgehead atoms. The third kappa shape index (κ3) is 6.94. The van der Waals surface area contributed by atoms with Gasteiger partial charge in [-0.2, -0.15) is 0 Å². The molecule has 2 rings (SSSR count).